The Kier molecular flexibility index (Phi) is 5.46. The average molecular weight is 311 g/mol. The van der Waals surface area contributed by atoms with Crippen LogP contribution in [0.3, 0.4) is 0 Å². The fourth-order valence-electron chi connectivity index (χ4n) is 1.87. The number of aromatic carboxylic acids is 1. The van der Waals surface area contributed by atoms with Crippen molar-refractivity contribution in [1.82, 2.24) is 5.43 Å². The van der Waals surface area contributed by atoms with E-state index in [1.807, 2.05) is 31.2 Å². The zero-order chi connectivity index (χ0) is 16.7. The number of carbonyl (C=O) groups is 2. The van der Waals surface area contributed by atoms with E-state index in [2.05, 4.69) is 15.8 Å². The summed E-state index contributed by atoms with van der Waals surface area (Å²) in [7, 11) is 0. The smallest absolute Gasteiger partial charge is 0.335 e. The van der Waals surface area contributed by atoms with E-state index in [-0.39, 0.29) is 18.0 Å². The number of carboxylic acids is 1. The van der Waals surface area contributed by atoms with Crippen LogP contribution in [-0.2, 0) is 4.79 Å². The minimum Gasteiger partial charge on any atom is -0.478 e. The summed E-state index contributed by atoms with van der Waals surface area (Å²) in [6, 6.07) is 13.9. The second-order valence-electron chi connectivity index (χ2n) is 4.94. The van der Waals surface area contributed by atoms with E-state index in [1.54, 1.807) is 12.1 Å². The van der Waals surface area contributed by atoms with E-state index < -0.39 is 5.97 Å². The molecule has 2 rings (SSSR count). The van der Waals surface area contributed by atoms with Crippen LogP contribution in [0, 0.1) is 6.92 Å². The Hall–Kier alpha value is -3.15. The van der Waals surface area contributed by atoms with E-state index in [9.17, 15) is 9.59 Å². The number of aryl methyl sites for hydroxylation is 1. The molecule has 6 heteroatoms. The number of amides is 1. The third-order valence-electron chi connectivity index (χ3n) is 3.03. The van der Waals surface area contributed by atoms with Crippen LogP contribution < -0.4 is 10.7 Å². The van der Waals surface area contributed by atoms with Gasteiger partial charge in [0.25, 0.3) is 5.91 Å². The Morgan fingerprint density at radius 1 is 1.17 bits per heavy atom. The zero-order valence-corrected chi connectivity index (χ0v) is 12.6. The van der Waals surface area contributed by atoms with Gasteiger partial charge in [0.2, 0.25) is 0 Å². The van der Waals surface area contributed by atoms with Crippen molar-refractivity contribution in [2.45, 2.75) is 6.92 Å². The van der Waals surface area contributed by atoms with Crippen molar-refractivity contribution >= 4 is 23.8 Å². The van der Waals surface area contributed by atoms with E-state index in [0.29, 0.717) is 5.56 Å². The Bertz CT molecular complexity index is 724. The molecule has 23 heavy (non-hydrogen) atoms. The average Bonchev–Trinajstić information content (AvgIpc) is 2.53. The van der Waals surface area contributed by atoms with Gasteiger partial charge >= 0.3 is 5.97 Å². The quantitative estimate of drug-likeness (QED) is 0.564. The molecule has 0 heterocycles. The van der Waals surface area contributed by atoms with Crippen molar-refractivity contribution in [3.05, 3.63) is 65.2 Å². The largest absolute Gasteiger partial charge is 0.478 e. The molecule has 0 aliphatic heterocycles. The van der Waals surface area contributed by atoms with Gasteiger partial charge in [0.1, 0.15) is 0 Å². The molecule has 1 amide bonds. The molecule has 118 valence electrons. The van der Waals surface area contributed by atoms with Crippen molar-refractivity contribution in [3.8, 4) is 0 Å². The number of hydrogen-bond donors (Lipinski definition) is 3. The highest BCUT2D eigenvalue weighted by Gasteiger charge is 2.01. The highest BCUT2D eigenvalue weighted by Crippen LogP contribution is 2.08. The molecule has 0 bridgehead atoms. The van der Waals surface area contributed by atoms with Crippen molar-refractivity contribution in [2.75, 3.05) is 11.9 Å². The van der Waals surface area contributed by atoms with Crippen LogP contribution in [-0.4, -0.2) is 29.7 Å². The molecule has 0 fully saturated rings. The summed E-state index contributed by atoms with van der Waals surface area (Å²) >= 11 is 0. The van der Waals surface area contributed by atoms with Crippen molar-refractivity contribution < 1.29 is 14.7 Å². The van der Waals surface area contributed by atoms with Crippen LogP contribution in [0.15, 0.2) is 53.6 Å². The number of hydrazone groups is 1. The van der Waals surface area contributed by atoms with E-state index in [1.165, 1.54) is 18.3 Å². The number of carboxylic acid groups (broad SMARTS) is 1. The highest BCUT2D eigenvalue weighted by atomic mass is 16.4. The van der Waals surface area contributed by atoms with Crippen molar-refractivity contribution in [3.63, 3.8) is 0 Å². The first kappa shape index (κ1) is 16.2. The molecule has 3 N–H and O–H groups in total. The second kappa shape index (κ2) is 7.74. The summed E-state index contributed by atoms with van der Waals surface area (Å²) in [5.74, 6) is -1.26. The summed E-state index contributed by atoms with van der Waals surface area (Å²) in [6.07, 6.45) is 1.45. The Morgan fingerprint density at radius 3 is 2.57 bits per heavy atom. The third-order valence-corrected chi connectivity index (χ3v) is 3.03. The minimum atomic E-state index is -0.982. The van der Waals surface area contributed by atoms with E-state index in [4.69, 9.17) is 5.11 Å². The molecular weight excluding hydrogens is 294 g/mol. The Balaban J connectivity index is 1.80. The molecule has 0 unspecified atom stereocenters. The molecule has 0 aliphatic carbocycles. The summed E-state index contributed by atoms with van der Waals surface area (Å²) in [5.41, 5.74) is 5.28. The van der Waals surface area contributed by atoms with Gasteiger partial charge in [-0.15, -0.1) is 0 Å². The summed E-state index contributed by atoms with van der Waals surface area (Å²) in [5, 5.41) is 15.6. The Morgan fingerprint density at radius 2 is 1.91 bits per heavy atom. The number of carbonyl (C=O) groups excluding carboxylic acids is 1. The lowest BCUT2D eigenvalue weighted by Crippen LogP contribution is -2.25. The Labute approximate surface area is 133 Å². The van der Waals surface area contributed by atoms with Gasteiger partial charge in [-0.05, 0) is 42.3 Å². The molecule has 0 aromatic heterocycles. The number of benzene rings is 2. The molecule has 0 atom stereocenters. The van der Waals surface area contributed by atoms with Gasteiger partial charge in [0.15, 0.2) is 0 Å². The number of hydrogen-bond acceptors (Lipinski definition) is 4. The second-order valence-corrected chi connectivity index (χ2v) is 4.94. The minimum absolute atomic E-state index is 0.110. The van der Waals surface area contributed by atoms with Gasteiger partial charge < -0.3 is 10.4 Å². The monoisotopic (exact) mass is 311 g/mol. The van der Waals surface area contributed by atoms with Crippen LogP contribution in [0.1, 0.15) is 21.5 Å². The summed E-state index contributed by atoms with van der Waals surface area (Å²) < 4.78 is 0. The molecule has 6 nitrogen and oxygen atoms in total. The first-order valence-electron chi connectivity index (χ1n) is 7.00. The van der Waals surface area contributed by atoms with Crippen molar-refractivity contribution in [2.24, 2.45) is 5.10 Å². The molecule has 0 spiro atoms. The molecule has 0 saturated carbocycles. The molecule has 0 saturated heterocycles. The van der Waals surface area contributed by atoms with E-state index in [0.717, 1.165) is 11.3 Å². The lowest BCUT2D eigenvalue weighted by Gasteiger charge is -2.05. The SMILES string of the molecule is Cc1cccc(NCC(=O)N/N=C/c2ccc(C(=O)O)cc2)c1. The number of nitrogens with zero attached hydrogens (tertiary/aromatic N) is 1. The van der Waals surface area contributed by atoms with Gasteiger partial charge in [-0.1, -0.05) is 24.3 Å². The zero-order valence-electron chi connectivity index (χ0n) is 12.6. The third kappa shape index (κ3) is 5.28. The van der Waals surface area contributed by atoms with Gasteiger partial charge in [-0.25, -0.2) is 10.2 Å². The predicted molar refractivity (Wildman–Crippen MR) is 88.8 cm³/mol. The van der Waals surface area contributed by atoms with Crippen LogP contribution in [0.25, 0.3) is 0 Å². The van der Waals surface area contributed by atoms with E-state index >= 15 is 0 Å². The lowest BCUT2D eigenvalue weighted by molar-refractivity contribution is -0.119. The fraction of sp³-hybridized carbons (Fsp3) is 0.118. The molecule has 0 aliphatic rings. The van der Waals surface area contributed by atoms with Crippen LogP contribution in [0.2, 0.25) is 0 Å². The van der Waals surface area contributed by atoms with Gasteiger partial charge in [-0.3, -0.25) is 4.79 Å². The highest BCUT2D eigenvalue weighted by molar-refractivity contribution is 5.89. The first-order valence-corrected chi connectivity index (χ1v) is 7.00. The maximum atomic E-state index is 11.7. The van der Waals surface area contributed by atoms with Gasteiger partial charge in [-0.2, -0.15) is 5.10 Å². The fourth-order valence-corrected chi connectivity index (χ4v) is 1.87. The molecular formula is C17H17N3O3. The molecule has 2 aromatic rings. The topological polar surface area (TPSA) is 90.8 Å². The van der Waals surface area contributed by atoms with Crippen LogP contribution >= 0.6 is 0 Å². The van der Waals surface area contributed by atoms with Crippen LogP contribution in [0.5, 0.6) is 0 Å². The van der Waals surface area contributed by atoms with Gasteiger partial charge in [0, 0.05) is 5.69 Å². The standard InChI is InChI=1S/C17H17N3O3/c1-12-3-2-4-15(9-12)18-11-16(21)20-19-10-13-5-7-14(8-6-13)17(22)23/h2-10,18H,11H2,1H3,(H,20,21)(H,22,23)/b19-10+. The summed E-state index contributed by atoms with van der Waals surface area (Å²) in [6.45, 7) is 2.09. The van der Waals surface area contributed by atoms with Crippen molar-refractivity contribution in [1.29, 1.82) is 0 Å². The van der Waals surface area contributed by atoms with Gasteiger partial charge in [0.05, 0.1) is 18.3 Å². The number of nitrogens with one attached hydrogen (secondary N) is 2. The normalized spacial score (nSPS) is 10.5. The molecule has 2 aromatic carbocycles. The number of anilines is 1. The first-order chi connectivity index (χ1) is 11.0. The predicted octanol–water partition coefficient (Wildman–Crippen LogP) is 2.26. The maximum Gasteiger partial charge on any atom is 0.335 e. The summed E-state index contributed by atoms with van der Waals surface area (Å²) in [4.78, 5) is 22.4. The lowest BCUT2D eigenvalue weighted by atomic mass is 10.1. The number of rotatable bonds is 6. The van der Waals surface area contributed by atoms with Crippen LogP contribution in [0.4, 0.5) is 5.69 Å². The molecule has 0 radical (unpaired) electrons. The maximum absolute atomic E-state index is 11.7.